The van der Waals surface area contributed by atoms with Crippen LogP contribution in [-0.4, -0.2) is 28.7 Å². The van der Waals surface area contributed by atoms with Gasteiger partial charge in [-0.2, -0.15) is 0 Å². The minimum absolute atomic E-state index is 0.223. The Bertz CT molecular complexity index is 1030. The van der Waals surface area contributed by atoms with E-state index >= 15 is 0 Å². The number of primary sulfonamides is 1. The van der Waals surface area contributed by atoms with Crippen molar-refractivity contribution in [3.8, 4) is 22.6 Å². The molecule has 2 aromatic rings. The van der Waals surface area contributed by atoms with Crippen LogP contribution in [0.5, 0.6) is 11.5 Å². The van der Waals surface area contributed by atoms with E-state index in [0.29, 0.717) is 30.9 Å². The summed E-state index contributed by atoms with van der Waals surface area (Å²) in [5, 5.41) is 5.24. The lowest BCUT2D eigenvalue weighted by atomic mass is 9.89. The van der Waals surface area contributed by atoms with Crippen LogP contribution >= 0.6 is 0 Å². The molecule has 1 aliphatic heterocycles. The highest BCUT2D eigenvalue weighted by Crippen LogP contribution is 2.48. The second-order valence-electron chi connectivity index (χ2n) is 7.03. The fourth-order valence-corrected chi connectivity index (χ4v) is 4.12. The summed E-state index contributed by atoms with van der Waals surface area (Å²) in [7, 11) is -2.01. The third-order valence-electron chi connectivity index (χ3n) is 4.77. The maximum absolute atomic E-state index is 11.6. The lowest BCUT2D eigenvalue weighted by molar-refractivity contribution is 0.166. The molecule has 2 aromatic carbocycles. The van der Waals surface area contributed by atoms with Crippen LogP contribution in [0.3, 0.4) is 0 Å². The quantitative estimate of drug-likeness (QED) is 0.453. The molecule has 2 N–H and O–H groups in total. The van der Waals surface area contributed by atoms with E-state index in [2.05, 4.69) is 6.58 Å². The van der Waals surface area contributed by atoms with Crippen LogP contribution in [0.15, 0.2) is 61.2 Å². The molecule has 7 heteroatoms. The Morgan fingerprint density at radius 1 is 1.23 bits per heavy atom. The van der Waals surface area contributed by atoms with E-state index in [1.165, 1.54) is 0 Å². The van der Waals surface area contributed by atoms with Gasteiger partial charge in [0.1, 0.15) is 17.6 Å². The predicted molar refractivity (Wildman–Crippen MR) is 118 cm³/mol. The Kier molecular flexibility index (Phi) is 7.31. The minimum atomic E-state index is -3.63. The van der Waals surface area contributed by atoms with Gasteiger partial charge in [0.2, 0.25) is 10.0 Å². The summed E-state index contributed by atoms with van der Waals surface area (Å²) >= 11 is 0. The highest BCUT2D eigenvalue weighted by molar-refractivity contribution is 7.88. The second kappa shape index (κ2) is 9.93. The van der Waals surface area contributed by atoms with Crippen molar-refractivity contribution < 1.29 is 22.6 Å². The number of methoxy groups -OCH3 is 1. The van der Waals surface area contributed by atoms with Crippen LogP contribution in [0.4, 0.5) is 0 Å². The lowest BCUT2D eigenvalue weighted by Crippen LogP contribution is -2.17. The molecule has 0 amide bonds. The van der Waals surface area contributed by atoms with Gasteiger partial charge in [0.15, 0.2) is 0 Å². The minimum Gasteiger partial charge on any atom is -0.496 e. The van der Waals surface area contributed by atoms with E-state index in [9.17, 15) is 8.42 Å². The summed E-state index contributed by atoms with van der Waals surface area (Å²) < 4.78 is 40.4. The van der Waals surface area contributed by atoms with E-state index in [4.69, 9.17) is 19.3 Å². The molecule has 30 heavy (non-hydrogen) atoms. The number of rotatable bonds is 10. The van der Waals surface area contributed by atoms with Crippen molar-refractivity contribution in [2.24, 2.45) is 5.14 Å². The third-order valence-corrected chi connectivity index (χ3v) is 5.51. The van der Waals surface area contributed by atoms with Gasteiger partial charge in [-0.15, -0.1) is 6.58 Å². The van der Waals surface area contributed by atoms with E-state index in [-0.39, 0.29) is 11.9 Å². The van der Waals surface area contributed by atoms with Crippen molar-refractivity contribution in [3.63, 3.8) is 0 Å². The molecule has 0 saturated carbocycles. The van der Waals surface area contributed by atoms with Crippen LogP contribution in [-0.2, 0) is 20.5 Å². The molecule has 0 bridgehead atoms. The Balaban J connectivity index is 1.89. The van der Waals surface area contributed by atoms with Gasteiger partial charge in [-0.1, -0.05) is 42.5 Å². The first-order chi connectivity index (χ1) is 14.4. The summed E-state index contributed by atoms with van der Waals surface area (Å²) in [6.45, 7) is 4.82. The molecule has 160 valence electrons. The number of hydrogen-bond donors (Lipinski definition) is 1. The van der Waals surface area contributed by atoms with Crippen LogP contribution < -0.4 is 14.6 Å². The van der Waals surface area contributed by atoms with Gasteiger partial charge in [-0.25, -0.2) is 13.6 Å². The van der Waals surface area contributed by atoms with E-state index in [1.807, 2.05) is 48.6 Å². The van der Waals surface area contributed by atoms with Crippen LogP contribution in [0, 0.1) is 0 Å². The summed E-state index contributed by atoms with van der Waals surface area (Å²) in [5.74, 6) is 1.22. The Morgan fingerprint density at radius 2 is 2.07 bits per heavy atom. The van der Waals surface area contributed by atoms with Crippen molar-refractivity contribution in [2.45, 2.75) is 24.7 Å². The molecule has 0 radical (unpaired) electrons. The zero-order valence-electron chi connectivity index (χ0n) is 17.0. The van der Waals surface area contributed by atoms with Crippen molar-refractivity contribution in [2.75, 3.05) is 20.3 Å². The fraction of sp³-hybridized carbons (Fsp3) is 0.304. The molecule has 3 rings (SSSR count). The summed E-state index contributed by atoms with van der Waals surface area (Å²) in [6, 6.07) is 11.2. The number of hydrogen-bond acceptors (Lipinski definition) is 5. The fourth-order valence-electron chi connectivity index (χ4n) is 3.47. The standard InChI is InChI=1S/C23H27NO5S/c1-3-4-13-28-14-6-5-8-20-19-15-17(16-30(24,25)26)11-12-18(19)23-21(27-2)9-7-10-22(23)29-20/h3,5-7,9-12,15,20H,1,4,8,13-14,16H2,2H3,(H2,24,25,26). The van der Waals surface area contributed by atoms with Crippen LogP contribution in [0.25, 0.3) is 11.1 Å². The first-order valence-corrected chi connectivity index (χ1v) is 11.5. The van der Waals surface area contributed by atoms with Gasteiger partial charge < -0.3 is 14.2 Å². The zero-order valence-corrected chi connectivity index (χ0v) is 17.9. The Hall–Kier alpha value is -2.61. The number of sulfonamides is 1. The van der Waals surface area contributed by atoms with Crippen molar-refractivity contribution in [1.82, 2.24) is 0 Å². The molecule has 1 heterocycles. The number of ether oxygens (including phenoxy) is 3. The van der Waals surface area contributed by atoms with Gasteiger partial charge in [0, 0.05) is 12.0 Å². The molecule has 1 unspecified atom stereocenters. The van der Waals surface area contributed by atoms with Gasteiger partial charge in [0.25, 0.3) is 0 Å². The SMILES string of the molecule is C=CCCOCC=CCC1Oc2cccc(OC)c2-c2ccc(CS(N)(=O)=O)cc21. The molecule has 0 spiro atoms. The van der Waals surface area contributed by atoms with Crippen molar-refractivity contribution in [1.29, 1.82) is 0 Å². The van der Waals surface area contributed by atoms with Gasteiger partial charge >= 0.3 is 0 Å². The summed E-state index contributed by atoms with van der Waals surface area (Å²) in [5.41, 5.74) is 3.36. The molecule has 1 aliphatic rings. The average Bonchev–Trinajstić information content (AvgIpc) is 2.71. The second-order valence-corrected chi connectivity index (χ2v) is 8.64. The number of benzene rings is 2. The zero-order chi connectivity index (χ0) is 21.6. The highest BCUT2D eigenvalue weighted by Gasteiger charge is 2.28. The molecular weight excluding hydrogens is 402 g/mol. The molecule has 0 aliphatic carbocycles. The molecule has 0 fully saturated rings. The normalized spacial score (nSPS) is 15.3. The van der Waals surface area contributed by atoms with E-state index < -0.39 is 10.0 Å². The molecule has 0 aromatic heterocycles. The largest absolute Gasteiger partial charge is 0.496 e. The average molecular weight is 430 g/mol. The highest BCUT2D eigenvalue weighted by atomic mass is 32.2. The maximum Gasteiger partial charge on any atom is 0.213 e. The Morgan fingerprint density at radius 3 is 2.80 bits per heavy atom. The van der Waals surface area contributed by atoms with Crippen LogP contribution in [0.1, 0.15) is 30.1 Å². The summed E-state index contributed by atoms with van der Waals surface area (Å²) in [6.07, 6.45) is 6.97. The monoisotopic (exact) mass is 429 g/mol. The van der Waals surface area contributed by atoms with Crippen molar-refractivity contribution >= 4 is 10.0 Å². The molecule has 1 atom stereocenters. The smallest absolute Gasteiger partial charge is 0.213 e. The molecular formula is C23H27NO5S. The number of fused-ring (bicyclic) bond motifs is 3. The topological polar surface area (TPSA) is 87.8 Å². The predicted octanol–water partition coefficient (Wildman–Crippen LogP) is 4.12. The Labute approximate surface area is 178 Å². The molecule has 6 nitrogen and oxygen atoms in total. The first-order valence-electron chi connectivity index (χ1n) is 9.74. The van der Waals surface area contributed by atoms with Gasteiger partial charge in [-0.3, -0.25) is 0 Å². The van der Waals surface area contributed by atoms with Crippen LogP contribution in [0.2, 0.25) is 0 Å². The molecule has 0 saturated heterocycles. The van der Waals surface area contributed by atoms with E-state index in [0.717, 1.165) is 28.9 Å². The van der Waals surface area contributed by atoms with Crippen molar-refractivity contribution in [3.05, 3.63) is 72.3 Å². The lowest BCUT2D eigenvalue weighted by Gasteiger charge is -2.29. The van der Waals surface area contributed by atoms with E-state index in [1.54, 1.807) is 13.2 Å². The maximum atomic E-state index is 11.6. The third kappa shape index (κ3) is 5.50. The first kappa shape index (κ1) is 22.1. The number of nitrogens with two attached hydrogens (primary N) is 1. The van der Waals surface area contributed by atoms with Gasteiger partial charge in [0.05, 0.1) is 31.6 Å². The van der Waals surface area contributed by atoms with Gasteiger partial charge in [-0.05, 0) is 29.7 Å². The summed E-state index contributed by atoms with van der Waals surface area (Å²) in [4.78, 5) is 0.